The molecule has 3 aromatic carbocycles. The largest absolute Gasteiger partial charge is 0.497 e. The summed E-state index contributed by atoms with van der Waals surface area (Å²) in [6, 6.07) is 15.8. The predicted octanol–water partition coefficient (Wildman–Crippen LogP) is 4.07. The molecule has 10 heteroatoms. The first-order valence-corrected chi connectivity index (χ1v) is 11.0. The lowest BCUT2D eigenvalue weighted by atomic mass is 9.88. The molecule has 0 aliphatic carbocycles. The van der Waals surface area contributed by atoms with Crippen LogP contribution in [0.5, 0.6) is 5.75 Å². The number of nitrogens with zero attached hydrogens (tertiary/aromatic N) is 1. The van der Waals surface area contributed by atoms with Gasteiger partial charge in [-0.3, -0.25) is 14.9 Å². The summed E-state index contributed by atoms with van der Waals surface area (Å²) in [7, 11) is 1.50. The van der Waals surface area contributed by atoms with Gasteiger partial charge in [0.05, 0.1) is 19.2 Å². The number of methoxy groups -OCH3 is 1. The Morgan fingerprint density at radius 1 is 0.944 bits per heavy atom. The Morgan fingerprint density at radius 3 is 2.14 bits per heavy atom. The average molecular weight is 495 g/mol. The van der Waals surface area contributed by atoms with Gasteiger partial charge in [0.15, 0.2) is 5.54 Å². The normalized spacial score (nSPS) is 19.2. The van der Waals surface area contributed by atoms with E-state index in [9.17, 15) is 27.6 Å². The first-order chi connectivity index (χ1) is 17.1. The molecule has 0 saturated carbocycles. The van der Waals surface area contributed by atoms with Crippen LogP contribution in [0.1, 0.15) is 27.0 Å². The third-order valence-corrected chi connectivity index (χ3v) is 6.49. The monoisotopic (exact) mass is 495 g/mol. The predicted molar refractivity (Wildman–Crippen MR) is 123 cm³/mol. The minimum absolute atomic E-state index is 0.111. The third kappa shape index (κ3) is 3.94. The number of hydrogen-bond donors (Lipinski definition) is 2. The van der Waals surface area contributed by atoms with Crippen LogP contribution in [-0.2, 0) is 23.1 Å². The number of alkyl halides is 3. The lowest BCUT2D eigenvalue weighted by Crippen LogP contribution is -2.52. The summed E-state index contributed by atoms with van der Waals surface area (Å²) in [6.45, 7) is 0.146. The van der Waals surface area contributed by atoms with Crippen LogP contribution in [0.3, 0.4) is 0 Å². The van der Waals surface area contributed by atoms with E-state index in [1.807, 2.05) is 0 Å². The average Bonchev–Trinajstić information content (AvgIpc) is 3.33. The van der Waals surface area contributed by atoms with E-state index in [0.29, 0.717) is 28.0 Å². The second kappa shape index (κ2) is 8.40. The van der Waals surface area contributed by atoms with E-state index in [0.717, 1.165) is 17.7 Å². The maximum Gasteiger partial charge on any atom is 0.416 e. The number of nitrogens with one attached hydrogen (secondary N) is 2. The number of fused-ring (bicyclic) bond motifs is 1. The Balaban J connectivity index is 1.44. The smallest absolute Gasteiger partial charge is 0.416 e. The van der Waals surface area contributed by atoms with Gasteiger partial charge in [0, 0.05) is 12.1 Å². The van der Waals surface area contributed by atoms with Crippen molar-refractivity contribution < 1.29 is 32.3 Å². The number of carbonyl (C=O) groups excluding carboxylic acids is 3. The molecule has 184 valence electrons. The number of imide groups is 1. The summed E-state index contributed by atoms with van der Waals surface area (Å²) in [4.78, 5) is 39.7. The van der Waals surface area contributed by atoms with Crippen molar-refractivity contribution in [1.82, 2.24) is 15.5 Å². The van der Waals surface area contributed by atoms with Crippen molar-refractivity contribution in [3.63, 3.8) is 0 Å². The number of carbonyl (C=O) groups is 3. The highest BCUT2D eigenvalue weighted by atomic mass is 19.4. The molecular formula is C26H20F3N3O4. The zero-order valence-corrected chi connectivity index (χ0v) is 19.0. The number of rotatable bonds is 5. The van der Waals surface area contributed by atoms with Gasteiger partial charge in [0.25, 0.3) is 11.8 Å². The molecule has 7 nitrogen and oxygen atoms in total. The molecule has 0 aromatic heterocycles. The second-order valence-electron chi connectivity index (χ2n) is 8.65. The van der Waals surface area contributed by atoms with Crippen LogP contribution in [0, 0.1) is 0 Å². The fourth-order valence-electron chi connectivity index (χ4n) is 4.58. The van der Waals surface area contributed by atoms with Crippen molar-refractivity contribution in [3.05, 3.63) is 89.0 Å². The minimum Gasteiger partial charge on any atom is -0.497 e. The molecule has 1 unspecified atom stereocenters. The van der Waals surface area contributed by atoms with E-state index < -0.39 is 29.2 Å². The van der Waals surface area contributed by atoms with Gasteiger partial charge >= 0.3 is 12.2 Å². The Morgan fingerprint density at radius 2 is 1.58 bits per heavy atom. The van der Waals surface area contributed by atoms with Gasteiger partial charge in [-0.15, -0.1) is 0 Å². The number of halogens is 3. The topological polar surface area (TPSA) is 87.7 Å². The van der Waals surface area contributed by atoms with Gasteiger partial charge in [-0.25, -0.2) is 4.79 Å². The zero-order valence-electron chi connectivity index (χ0n) is 19.0. The standard InChI is InChI=1S/C26H20F3N3O4/c1-36-20-11-6-17-13-32(22(33)21(17)12-20)14-25(23(34)30-24(35)31-25)18-7-2-15(3-8-18)16-4-9-19(10-5-16)26(27,28)29/h2-12H,13-14H2,1H3,(H2,30,31,34,35). The van der Waals surface area contributed by atoms with Gasteiger partial charge in [-0.05, 0) is 46.5 Å². The highest BCUT2D eigenvalue weighted by molar-refractivity contribution is 6.08. The van der Waals surface area contributed by atoms with E-state index >= 15 is 0 Å². The van der Waals surface area contributed by atoms with Crippen molar-refractivity contribution in [2.45, 2.75) is 18.3 Å². The van der Waals surface area contributed by atoms with Crippen LogP contribution < -0.4 is 15.4 Å². The molecule has 36 heavy (non-hydrogen) atoms. The molecule has 2 N–H and O–H groups in total. The van der Waals surface area contributed by atoms with Crippen molar-refractivity contribution in [1.29, 1.82) is 0 Å². The van der Waals surface area contributed by atoms with Gasteiger partial charge in [0.1, 0.15) is 5.75 Å². The highest BCUT2D eigenvalue weighted by Gasteiger charge is 2.50. The molecule has 2 aliphatic heterocycles. The molecule has 0 spiro atoms. The third-order valence-electron chi connectivity index (χ3n) is 6.49. The molecule has 5 rings (SSSR count). The maximum atomic E-state index is 13.1. The van der Waals surface area contributed by atoms with Gasteiger partial charge in [-0.2, -0.15) is 13.2 Å². The van der Waals surface area contributed by atoms with Crippen LogP contribution in [0.4, 0.5) is 18.0 Å². The molecule has 1 saturated heterocycles. The first-order valence-electron chi connectivity index (χ1n) is 11.0. The quantitative estimate of drug-likeness (QED) is 0.523. The Labute approximate surface area is 203 Å². The molecule has 3 aromatic rings. The first kappa shape index (κ1) is 23.4. The van der Waals surface area contributed by atoms with Crippen molar-refractivity contribution in [3.8, 4) is 16.9 Å². The zero-order chi connectivity index (χ0) is 25.7. The molecule has 1 atom stereocenters. The van der Waals surface area contributed by atoms with E-state index in [1.54, 1.807) is 42.5 Å². The molecule has 1 fully saturated rings. The summed E-state index contributed by atoms with van der Waals surface area (Å²) < 4.78 is 43.8. The Kier molecular flexibility index (Phi) is 5.46. The van der Waals surface area contributed by atoms with Crippen LogP contribution in [0.25, 0.3) is 11.1 Å². The SMILES string of the molecule is COc1ccc2c(c1)C(=O)N(CC1(c3ccc(-c4ccc(C(F)(F)F)cc4)cc3)NC(=O)NC1=O)C2. The summed E-state index contributed by atoms with van der Waals surface area (Å²) in [5.74, 6) is -0.362. The summed E-state index contributed by atoms with van der Waals surface area (Å²) in [6.07, 6.45) is -4.43. The molecule has 4 amide bonds. The fourth-order valence-corrected chi connectivity index (χ4v) is 4.58. The fraction of sp³-hybridized carbons (Fsp3) is 0.192. The van der Waals surface area contributed by atoms with Gasteiger partial charge in [0.2, 0.25) is 0 Å². The maximum absolute atomic E-state index is 13.1. The number of benzene rings is 3. The summed E-state index contributed by atoms with van der Waals surface area (Å²) in [5.41, 5.74) is 0.582. The van der Waals surface area contributed by atoms with Gasteiger partial charge in [-0.1, -0.05) is 42.5 Å². The van der Waals surface area contributed by atoms with Gasteiger partial charge < -0.3 is 15.0 Å². The summed E-state index contributed by atoms with van der Waals surface area (Å²) >= 11 is 0. The molecule has 2 heterocycles. The number of urea groups is 1. The van der Waals surface area contributed by atoms with Crippen LogP contribution in [0.15, 0.2) is 66.7 Å². The van der Waals surface area contributed by atoms with Crippen molar-refractivity contribution in [2.24, 2.45) is 0 Å². The molecule has 0 bridgehead atoms. The minimum atomic E-state index is -4.43. The molecular weight excluding hydrogens is 475 g/mol. The highest BCUT2D eigenvalue weighted by Crippen LogP contribution is 2.34. The van der Waals surface area contributed by atoms with E-state index in [-0.39, 0.29) is 19.0 Å². The Bertz CT molecular complexity index is 1370. The second-order valence-corrected chi connectivity index (χ2v) is 8.65. The van der Waals surface area contributed by atoms with Crippen molar-refractivity contribution in [2.75, 3.05) is 13.7 Å². The van der Waals surface area contributed by atoms with Crippen LogP contribution in [-0.4, -0.2) is 36.4 Å². The number of ether oxygens (including phenoxy) is 1. The lowest BCUT2D eigenvalue weighted by molar-refractivity contribution is -0.137. The Hall–Kier alpha value is -4.34. The number of amides is 4. The lowest BCUT2D eigenvalue weighted by Gasteiger charge is -2.31. The van der Waals surface area contributed by atoms with Crippen LogP contribution in [0.2, 0.25) is 0 Å². The van der Waals surface area contributed by atoms with E-state index in [4.69, 9.17) is 4.74 Å². The van der Waals surface area contributed by atoms with E-state index in [1.165, 1.54) is 24.1 Å². The van der Waals surface area contributed by atoms with Crippen LogP contribution >= 0.6 is 0 Å². The van der Waals surface area contributed by atoms with E-state index in [2.05, 4.69) is 10.6 Å². The molecule has 0 radical (unpaired) electrons. The number of hydrogen-bond acceptors (Lipinski definition) is 4. The molecule has 2 aliphatic rings. The summed E-state index contributed by atoms with van der Waals surface area (Å²) in [5, 5.41) is 4.92. The van der Waals surface area contributed by atoms with Crippen molar-refractivity contribution >= 4 is 17.8 Å².